The Kier molecular flexibility index (Phi) is 6.04. The Balaban J connectivity index is 1.46. The average Bonchev–Trinajstić information content (AvgIpc) is 3.04. The van der Waals surface area contributed by atoms with Crippen molar-refractivity contribution in [2.75, 3.05) is 18.5 Å². The van der Waals surface area contributed by atoms with E-state index in [9.17, 15) is 4.79 Å². The molecule has 0 aliphatic heterocycles. The zero-order valence-corrected chi connectivity index (χ0v) is 14.9. The molecular weight excluding hydrogens is 332 g/mol. The van der Waals surface area contributed by atoms with E-state index < -0.39 is 0 Å². The Morgan fingerprint density at radius 3 is 2.72 bits per heavy atom. The summed E-state index contributed by atoms with van der Waals surface area (Å²) in [5.74, 6) is 0.794. The maximum Gasteiger partial charge on any atom is 0.224 e. The van der Waals surface area contributed by atoms with E-state index in [4.69, 9.17) is 10.5 Å². The fourth-order valence-electron chi connectivity index (χ4n) is 2.70. The maximum absolute atomic E-state index is 12.1. The lowest BCUT2D eigenvalue weighted by Gasteiger charge is -2.07. The van der Waals surface area contributed by atoms with E-state index in [2.05, 4.69) is 35.0 Å². The topological polar surface area (TPSA) is 64.3 Å². The van der Waals surface area contributed by atoms with Gasteiger partial charge in [0.1, 0.15) is 12.4 Å². The van der Waals surface area contributed by atoms with Gasteiger partial charge >= 0.3 is 0 Å². The van der Waals surface area contributed by atoms with Crippen LogP contribution in [-0.2, 0) is 11.2 Å². The molecule has 0 aliphatic rings. The van der Waals surface area contributed by atoms with Crippen molar-refractivity contribution in [1.29, 1.82) is 0 Å². The molecule has 1 heterocycles. The van der Waals surface area contributed by atoms with Crippen molar-refractivity contribution in [3.8, 4) is 5.75 Å². The van der Waals surface area contributed by atoms with Crippen molar-refractivity contribution >= 4 is 33.0 Å². The lowest BCUT2D eigenvalue weighted by Crippen LogP contribution is -2.12. The highest BCUT2D eigenvalue weighted by molar-refractivity contribution is 7.17. The molecule has 0 spiro atoms. The number of hydrogen-bond acceptors (Lipinski definition) is 4. The molecule has 3 aromatic rings. The van der Waals surface area contributed by atoms with Crippen molar-refractivity contribution < 1.29 is 9.53 Å². The van der Waals surface area contributed by atoms with E-state index in [0.717, 1.165) is 24.3 Å². The monoisotopic (exact) mass is 354 g/mol. The van der Waals surface area contributed by atoms with Crippen LogP contribution >= 0.6 is 11.3 Å². The van der Waals surface area contributed by atoms with Crippen LogP contribution in [0.5, 0.6) is 5.75 Å². The Morgan fingerprint density at radius 2 is 1.92 bits per heavy atom. The smallest absolute Gasteiger partial charge is 0.224 e. The van der Waals surface area contributed by atoms with Crippen LogP contribution in [0.3, 0.4) is 0 Å². The highest BCUT2D eigenvalue weighted by Crippen LogP contribution is 2.26. The third-order valence-corrected chi connectivity index (χ3v) is 4.95. The Labute approximate surface area is 151 Å². The summed E-state index contributed by atoms with van der Waals surface area (Å²) in [6.45, 7) is 0.973. The summed E-state index contributed by atoms with van der Waals surface area (Å²) >= 11 is 1.76. The predicted octanol–water partition coefficient (Wildman–Crippen LogP) is 4.20. The fraction of sp³-hybridized carbons (Fsp3) is 0.250. The first-order valence-corrected chi connectivity index (χ1v) is 9.32. The normalized spacial score (nSPS) is 10.8. The molecule has 1 amide bonds. The molecule has 5 heteroatoms. The minimum atomic E-state index is 0.0372. The van der Waals surface area contributed by atoms with Gasteiger partial charge in [-0.3, -0.25) is 4.79 Å². The summed E-state index contributed by atoms with van der Waals surface area (Å²) in [5, 5.41) is 6.43. The van der Waals surface area contributed by atoms with Crippen molar-refractivity contribution in [2.24, 2.45) is 5.73 Å². The summed E-state index contributed by atoms with van der Waals surface area (Å²) < 4.78 is 6.72. The van der Waals surface area contributed by atoms with Gasteiger partial charge in [0.05, 0.1) is 0 Å². The number of carbonyl (C=O) groups excluding carboxylic acids is 1. The van der Waals surface area contributed by atoms with Crippen LogP contribution in [-0.4, -0.2) is 19.1 Å². The third-order valence-electron chi connectivity index (χ3n) is 3.94. The second kappa shape index (κ2) is 8.65. The first-order valence-electron chi connectivity index (χ1n) is 8.44. The van der Waals surface area contributed by atoms with Crippen LogP contribution < -0.4 is 15.8 Å². The van der Waals surface area contributed by atoms with E-state index in [1.165, 1.54) is 15.6 Å². The number of ether oxygens (including phenoxy) is 1. The minimum absolute atomic E-state index is 0.0372. The molecule has 25 heavy (non-hydrogen) atoms. The standard InChI is InChI=1S/C20H22N2O2S/c21-12-13-24-17-10-8-16(9-11-17)22-20(23)7-3-4-15-14-25-19-6-2-1-5-18(15)19/h1-2,5-6,8-11,14H,3-4,7,12-13,21H2,(H,22,23). The van der Waals surface area contributed by atoms with Gasteiger partial charge in [0.15, 0.2) is 0 Å². The molecule has 0 atom stereocenters. The maximum atomic E-state index is 12.1. The quantitative estimate of drug-likeness (QED) is 0.637. The molecule has 0 saturated carbocycles. The molecule has 0 bridgehead atoms. The molecule has 1 aromatic heterocycles. The zero-order valence-electron chi connectivity index (χ0n) is 14.0. The van der Waals surface area contributed by atoms with E-state index in [1.807, 2.05) is 24.3 Å². The number of hydrogen-bond donors (Lipinski definition) is 2. The number of carbonyl (C=O) groups is 1. The predicted molar refractivity (Wildman–Crippen MR) is 104 cm³/mol. The van der Waals surface area contributed by atoms with Crippen molar-refractivity contribution in [2.45, 2.75) is 19.3 Å². The molecule has 3 N–H and O–H groups in total. The first-order chi connectivity index (χ1) is 12.3. The van der Waals surface area contributed by atoms with Gasteiger partial charge in [-0.05, 0) is 59.5 Å². The van der Waals surface area contributed by atoms with Gasteiger partial charge < -0.3 is 15.8 Å². The Bertz CT molecular complexity index is 827. The molecule has 0 radical (unpaired) electrons. The number of anilines is 1. The largest absolute Gasteiger partial charge is 0.492 e. The van der Waals surface area contributed by atoms with Crippen molar-refractivity contribution in [3.63, 3.8) is 0 Å². The highest BCUT2D eigenvalue weighted by atomic mass is 32.1. The summed E-state index contributed by atoms with van der Waals surface area (Å²) in [5.41, 5.74) is 7.51. The van der Waals surface area contributed by atoms with E-state index >= 15 is 0 Å². The summed E-state index contributed by atoms with van der Waals surface area (Å²) in [4.78, 5) is 12.1. The molecule has 4 nitrogen and oxygen atoms in total. The minimum Gasteiger partial charge on any atom is -0.492 e. The lowest BCUT2D eigenvalue weighted by molar-refractivity contribution is -0.116. The Morgan fingerprint density at radius 1 is 1.12 bits per heavy atom. The summed E-state index contributed by atoms with van der Waals surface area (Å²) in [6.07, 6.45) is 2.27. The van der Waals surface area contributed by atoms with Gasteiger partial charge in [0.25, 0.3) is 0 Å². The molecule has 0 fully saturated rings. The van der Waals surface area contributed by atoms with Gasteiger partial charge in [-0.2, -0.15) is 0 Å². The van der Waals surface area contributed by atoms with Crippen molar-refractivity contribution in [3.05, 3.63) is 59.5 Å². The van der Waals surface area contributed by atoms with Crippen LogP contribution in [0.4, 0.5) is 5.69 Å². The van der Waals surface area contributed by atoms with Crippen LogP contribution in [0.1, 0.15) is 18.4 Å². The van der Waals surface area contributed by atoms with Gasteiger partial charge in [-0.1, -0.05) is 18.2 Å². The van der Waals surface area contributed by atoms with Crippen LogP contribution in [0.25, 0.3) is 10.1 Å². The van der Waals surface area contributed by atoms with Gasteiger partial charge in [0.2, 0.25) is 5.91 Å². The number of aryl methyl sites for hydroxylation is 1. The van der Waals surface area contributed by atoms with Crippen LogP contribution in [0, 0.1) is 0 Å². The van der Waals surface area contributed by atoms with E-state index in [1.54, 1.807) is 11.3 Å². The SMILES string of the molecule is NCCOc1ccc(NC(=O)CCCc2csc3ccccc23)cc1. The number of fused-ring (bicyclic) bond motifs is 1. The van der Waals surface area contributed by atoms with E-state index in [-0.39, 0.29) is 5.91 Å². The Hall–Kier alpha value is -2.37. The van der Waals surface area contributed by atoms with E-state index in [0.29, 0.717) is 19.6 Å². The molecule has 2 aromatic carbocycles. The van der Waals surface area contributed by atoms with Crippen molar-refractivity contribution in [1.82, 2.24) is 0 Å². The third kappa shape index (κ3) is 4.81. The van der Waals surface area contributed by atoms with Crippen LogP contribution in [0.15, 0.2) is 53.9 Å². The first kappa shape index (κ1) is 17.5. The van der Waals surface area contributed by atoms with Gasteiger partial charge in [-0.15, -0.1) is 11.3 Å². The number of thiophene rings is 1. The summed E-state index contributed by atoms with van der Waals surface area (Å²) in [7, 11) is 0. The van der Waals surface area contributed by atoms with Gasteiger partial charge in [-0.25, -0.2) is 0 Å². The second-order valence-electron chi connectivity index (χ2n) is 5.82. The fourth-order valence-corrected chi connectivity index (χ4v) is 3.70. The molecule has 0 saturated heterocycles. The van der Waals surface area contributed by atoms with Gasteiger partial charge in [0, 0.05) is 23.4 Å². The molecule has 3 rings (SSSR count). The molecule has 0 aliphatic carbocycles. The number of amides is 1. The molecule has 0 unspecified atom stereocenters. The number of nitrogens with two attached hydrogens (primary N) is 1. The average molecular weight is 354 g/mol. The number of benzene rings is 2. The molecule has 130 valence electrons. The molecular formula is C20H22N2O2S. The summed E-state index contributed by atoms with van der Waals surface area (Å²) in [6, 6.07) is 15.8. The number of rotatable bonds is 8. The lowest BCUT2D eigenvalue weighted by atomic mass is 10.1. The zero-order chi connectivity index (χ0) is 17.5. The second-order valence-corrected chi connectivity index (χ2v) is 6.73. The highest BCUT2D eigenvalue weighted by Gasteiger charge is 2.06. The number of nitrogens with one attached hydrogen (secondary N) is 1. The van der Waals surface area contributed by atoms with Crippen LogP contribution in [0.2, 0.25) is 0 Å².